The molecule has 0 saturated heterocycles. The van der Waals surface area contributed by atoms with E-state index < -0.39 is 0 Å². The van der Waals surface area contributed by atoms with Gasteiger partial charge in [0.05, 0.1) is 0 Å². The van der Waals surface area contributed by atoms with E-state index in [1.807, 2.05) is 6.07 Å². The predicted molar refractivity (Wildman–Crippen MR) is 82.8 cm³/mol. The minimum atomic E-state index is -0.0520. The highest BCUT2D eigenvalue weighted by Crippen LogP contribution is 2.23. The van der Waals surface area contributed by atoms with Gasteiger partial charge in [-0.15, -0.1) is 0 Å². The van der Waals surface area contributed by atoms with Crippen molar-refractivity contribution >= 4 is 11.6 Å². The van der Waals surface area contributed by atoms with Gasteiger partial charge >= 0.3 is 0 Å². The zero-order chi connectivity index (χ0) is 14.7. The Balaban J connectivity index is 3.00. The summed E-state index contributed by atoms with van der Waals surface area (Å²) in [4.78, 5) is 9.20. The lowest BCUT2D eigenvalue weighted by molar-refractivity contribution is 0.442. The van der Waals surface area contributed by atoms with Gasteiger partial charge in [-0.3, -0.25) is 0 Å². The highest BCUT2D eigenvalue weighted by molar-refractivity contribution is 5.48. The predicted octanol–water partition coefficient (Wildman–Crippen LogP) is 3.66. The van der Waals surface area contributed by atoms with Crippen LogP contribution in [0.5, 0.6) is 0 Å². The molecule has 0 radical (unpaired) electrons. The summed E-state index contributed by atoms with van der Waals surface area (Å²) in [5.41, 5.74) is 0.175. The molecule has 0 atom stereocenters. The third kappa shape index (κ3) is 5.45. The Kier molecular flexibility index (Phi) is 4.77. The molecule has 108 valence electrons. The maximum absolute atomic E-state index is 4.63. The van der Waals surface area contributed by atoms with Gasteiger partial charge in [0, 0.05) is 24.6 Å². The standard InChI is InChI=1S/C15H28N4/c1-8-16-11-9-12(17-10-14(2,3)4)19-13(18-11)15(5,6)7/h9H,8,10H2,1-7H3,(H2,16,17,18,19). The van der Waals surface area contributed by atoms with Crippen LogP contribution in [0.3, 0.4) is 0 Å². The summed E-state index contributed by atoms with van der Waals surface area (Å²) < 4.78 is 0. The van der Waals surface area contributed by atoms with E-state index in [4.69, 9.17) is 0 Å². The summed E-state index contributed by atoms with van der Waals surface area (Å²) in [6.07, 6.45) is 0. The zero-order valence-electron chi connectivity index (χ0n) is 13.4. The van der Waals surface area contributed by atoms with Gasteiger partial charge in [0.25, 0.3) is 0 Å². The molecule has 4 heteroatoms. The minimum absolute atomic E-state index is 0.0520. The summed E-state index contributed by atoms with van der Waals surface area (Å²) in [6.45, 7) is 16.8. The molecule has 0 aliphatic rings. The Hall–Kier alpha value is -1.32. The maximum atomic E-state index is 4.63. The van der Waals surface area contributed by atoms with E-state index >= 15 is 0 Å². The van der Waals surface area contributed by atoms with E-state index in [1.165, 1.54) is 0 Å². The lowest BCUT2D eigenvalue weighted by Crippen LogP contribution is -2.22. The second-order valence-electron chi connectivity index (χ2n) is 7.16. The van der Waals surface area contributed by atoms with Crippen molar-refractivity contribution in [3.8, 4) is 0 Å². The van der Waals surface area contributed by atoms with Gasteiger partial charge in [0.1, 0.15) is 17.5 Å². The molecular formula is C15H28N4. The van der Waals surface area contributed by atoms with E-state index in [0.717, 1.165) is 30.5 Å². The number of aromatic nitrogens is 2. The third-order valence-corrected chi connectivity index (χ3v) is 2.55. The van der Waals surface area contributed by atoms with Gasteiger partial charge in [-0.1, -0.05) is 41.5 Å². The molecule has 0 bridgehead atoms. The highest BCUT2D eigenvalue weighted by atomic mass is 15.1. The van der Waals surface area contributed by atoms with Crippen LogP contribution in [0.2, 0.25) is 0 Å². The Bertz CT molecular complexity index is 413. The monoisotopic (exact) mass is 264 g/mol. The van der Waals surface area contributed by atoms with E-state index in [0.29, 0.717) is 0 Å². The van der Waals surface area contributed by atoms with Gasteiger partial charge in [0.2, 0.25) is 0 Å². The van der Waals surface area contributed by atoms with Crippen molar-refractivity contribution in [1.82, 2.24) is 9.97 Å². The molecule has 0 unspecified atom stereocenters. The topological polar surface area (TPSA) is 49.8 Å². The first-order chi connectivity index (χ1) is 8.62. The largest absolute Gasteiger partial charge is 0.370 e. The maximum Gasteiger partial charge on any atom is 0.138 e. The molecule has 0 saturated carbocycles. The van der Waals surface area contributed by atoms with Crippen molar-refractivity contribution < 1.29 is 0 Å². The van der Waals surface area contributed by atoms with Crippen LogP contribution in [-0.2, 0) is 5.41 Å². The molecule has 4 nitrogen and oxygen atoms in total. The van der Waals surface area contributed by atoms with Crippen molar-refractivity contribution in [2.24, 2.45) is 5.41 Å². The molecular weight excluding hydrogens is 236 g/mol. The molecule has 0 spiro atoms. The molecule has 0 amide bonds. The summed E-state index contributed by atoms with van der Waals surface area (Å²) in [5, 5.41) is 6.67. The summed E-state index contributed by atoms with van der Waals surface area (Å²) in [7, 11) is 0. The Morgan fingerprint density at radius 1 is 0.947 bits per heavy atom. The summed E-state index contributed by atoms with van der Waals surface area (Å²) in [6, 6.07) is 1.98. The number of hydrogen-bond donors (Lipinski definition) is 2. The van der Waals surface area contributed by atoms with Crippen molar-refractivity contribution in [3.63, 3.8) is 0 Å². The molecule has 1 aromatic heterocycles. The smallest absolute Gasteiger partial charge is 0.138 e. The third-order valence-electron chi connectivity index (χ3n) is 2.55. The van der Waals surface area contributed by atoms with Gasteiger partial charge in [-0.05, 0) is 12.3 Å². The average Bonchev–Trinajstić information content (AvgIpc) is 2.24. The quantitative estimate of drug-likeness (QED) is 0.871. The highest BCUT2D eigenvalue weighted by Gasteiger charge is 2.19. The number of rotatable bonds is 4. The zero-order valence-corrected chi connectivity index (χ0v) is 13.4. The van der Waals surface area contributed by atoms with Gasteiger partial charge < -0.3 is 10.6 Å². The normalized spacial score (nSPS) is 12.4. The first kappa shape index (κ1) is 15.7. The van der Waals surface area contributed by atoms with E-state index in [-0.39, 0.29) is 10.8 Å². The van der Waals surface area contributed by atoms with Crippen LogP contribution < -0.4 is 10.6 Å². The van der Waals surface area contributed by atoms with Crippen LogP contribution in [0.1, 0.15) is 54.3 Å². The Labute approximate surface area is 117 Å². The second kappa shape index (κ2) is 5.76. The molecule has 2 N–H and O–H groups in total. The SMILES string of the molecule is CCNc1cc(NCC(C)(C)C)nc(C(C)(C)C)n1. The molecule has 1 aromatic rings. The van der Waals surface area contributed by atoms with Crippen LogP contribution in [0, 0.1) is 5.41 Å². The lowest BCUT2D eigenvalue weighted by Gasteiger charge is -2.22. The van der Waals surface area contributed by atoms with Gasteiger partial charge in [-0.25, -0.2) is 9.97 Å². The van der Waals surface area contributed by atoms with Crippen LogP contribution in [0.4, 0.5) is 11.6 Å². The van der Waals surface area contributed by atoms with E-state index in [2.05, 4.69) is 69.1 Å². The van der Waals surface area contributed by atoms with E-state index in [9.17, 15) is 0 Å². The Morgan fingerprint density at radius 3 is 1.89 bits per heavy atom. The molecule has 1 heterocycles. The van der Waals surface area contributed by atoms with Gasteiger partial charge in [-0.2, -0.15) is 0 Å². The number of nitrogens with one attached hydrogen (secondary N) is 2. The summed E-state index contributed by atoms with van der Waals surface area (Å²) in [5.74, 6) is 2.65. The first-order valence-corrected chi connectivity index (χ1v) is 6.99. The average molecular weight is 264 g/mol. The van der Waals surface area contributed by atoms with Crippen molar-refractivity contribution in [2.45, 2.75) is 53.9 Å². The van der Waals surface area contributed by atoms with E-state index in [1.54, 1.807) is 0 Å². The minimum Gasteiger partial charge on any atom is -0.370 e. The number of hydrogen-bond acceptors (Lipinski definition) is 4. The molecule has 0 aliphatic carbocycles. The molecule has 0 aliphatic heterocycles. The van der Waals surface area contributed by atoms with Crippen molar-refractivity contribution in [3.05, 3.63) is 11.9 Å². The first-order valence-electron chi connectivity index (χ1n) is 6.99. The number of nitrogens with zero attached hydrogens (tertiary/aromatic N) is 2. The van der Waals surface area contributed by atoms with Crippen LogP contribution >= 0.6 is 0 Å². The fraction of sp³-hybridized carbons (Fsp3) is 0.733. The van der Waals surface area contributed by atoms with Gasteiger partial charge in [0.15, 0.2) is 0 Å². The molecule has 1 rings (SSSR count). The number of anilines is 2. The lowest BCUT2D eigenvalue weighted by atomic mass is 9.95. The van der Waals surface area contributed by atoms with Crippen LogP contribution in [0.25, 0.3) is 0 Å². The molecule has 0 aromatic carbocycles. The van der Waals surface area contributed by atoms with Crippen molar-refractivity contribution in [1.29, 1.82) is 0 Å². The van der Waals surface area contributed by atoms with Crippen LogP contribution in [-0.4, -0.2) is 23.1 Å². The summed E-state index contributed by atoms with van der Waals surface area (Å²) >= 11 is 0. The second-order valence-corrected chi connectivity index (χ2v) is 7.16. The van der Waals surface area contributed by atoms with Crippen molar-refractivity contribution in [2.75, 3.05) is 23.7 Å². The molecule has 0 fully saturated rings. The molecule has 19 heavy (non-hydrogen) atoms. The van der Waals surface area contributed by atoms with Crippen LogP contribution in [0.15, 0.2) is 6.07 Å². The fourth-order valence-electron chi connectivity index (χ4n) is 1.50. The Morgan fingerprint density at radius 2 is 1.47 bits per heavy atom. The fourth-order valence-corrected chi connectivity index (χ4v) is 1.50.